The fourth-order valence-electron chi connectivity index (χ4n) is 1.52. The van der Waals surface area contributed by atoms with E-state index in [-0.39, 0.29) is 0 Å². The third-order valence-electron chi connectivity index (χ3n) is 2.49. The fourth-order valence-corrected chi connectivity index (χ4v) is 1.52. The van der Waals surface area contributed by atoms with Gasteiger partial charge < -0.3 is 5.21 Å². The van der Waals surface area contributed by atoms with E-state index in [4.69, 9.17) is 5.26 Å². The van der Waals surface area contributed by atoms with Crippen LogP contribution in [0.2, 0.25) is 0 Å². The summed E-state index contributed by atoms with van der Waals surface area (Å²) >= 11 is 0. The van der Waals surface area contributed by atoms with E-state index >= 15 is 0 Å². The SMILES string of the molecule is Cc1cc[n+]([O-])c(C)c1.Cc1ccnc(CC#N)c1. The second-order valence-electron chi connectivity index (χ2n) is 4.33. The molecule has 0 amide bonds. The van der Waals surface area contributed by atoms with Crippen molar-refractivity contribution < 1.29 is 4.73 Å². The van der Waals surface area contributed by atoms with Gasteiger partial charge in [0.2, 0.25) is 0 Å². The van der Waals surface area contributed by atoms with E-state index < -0.39 is 0 Å². The van der Waals surface area contributed by atoms with Gasteiger partial charge in [0.25, 0.3) is 0 Å². The number of nitriles is 1. The van der Waals surface area contributed by atoms with Crippen LogP contribution in [0.5, 0.6) is 0 Å². The van der Waals surface area contributed by atoms with Crippen molar-refractivity contribution in [2.24, 2.45) is 0 Å². The maximum Gasteiger partial charge on any atom is 0.189 e. The van der Waals surface area contributed by atoms with Gasteiger partial charge in [-0.05, 0) is 37.1 Å². The van der Waals surface area contributed by atoms with Crippen LogP contribution in [0.25, 0.3) is 0 Å². The molecule has 2 rings (SSSR count). The van der Waals surface area contributed by atoms with Gasteiger partial charge in [-0.25, -0.2) is 0 Å². The maximum atomic E-state index is 10.7. The van der Waals surface area contributed by atoms with Crippen LogP contribution in [-0.2, 0) is 6.42 Å². The number of rotatable bonds is 1. The third kappa shape index (κ3) is 5.17. The molecule has 2 aromatic heterocycles. The van der Waals surface area contributed by atoms with Gasteiger partial charge in [-0.2, -0.15) is 9.99 Å². The van der Waals surface area contributed by atoms with Crippen LogP contribution >= 0.6 is 0 Å². The summed E-state index contributed by atoms with van der Waals surface area (Å²) in [5.74, 6) is 0. The minimum absolute atomic E-state index is 0.404. The molecule has 0 bridgehead atoms. The Morgan fingerprint density at radius 3 is 2.42 bits per heavy atom. The molecule has 0 spiro atoms. The lowest BCUT2D eigenvalue weighted by Crippen LogP contribution is -2.28. The zero-order valence-corrected chi connectivity index (χ0v) is 11.4. The quantitative estimate of drug-likeness (QED) is 0.580. The number of pyridine rings is 2. The molecule has 0 aromatic carbocycles. The normalized spacial score (nSPS) is 9.16. The lowest BCUT2D eigenvalue weighted by Gasteiger charge is -1.98. The van der Waals surface area contributed by atoms with E-state index in [1.165, 1.54) is 6.20 Å². The molecule has 4 heteroatoms. The molecule has 0 aliphatic rings. The monoisotopic (exact) mass is 255 g/mol. The van der Waals surface area contributed by atoms with Crippen LogP contribution in [0, 0.1) is 37.3 Å². The predicted molar refractivity (Wildman–Crippen MR) is 73.2 cm³/mol. The van der Waals surface area contributed by atoms with Crippen LogP contribution in [-0.4, -0.2) is 4.98 Å². The molecule has 0 saturated carbocycles. The second kappa shape index (κ2) is 7.12. The Labute approximate surface area is 113 Å². The van der Waals surface area contributed by atoms with Crippen molar-refractivity contribution >= 4 is 0 Å². The van der Waals surface area contributed by atoms with Crippen LogP contribution < -0.4 is 4.73 Å². The van der Waals surface area contributed by atoms with Crippen LogP contribution in [0.15, 0.2) is 36.7 Å². The van der Waals surface area contributed by atoms with E-state index in [2.05, 4.69) is 4.98 Å². The van der Waals surface area contributed by atoms with Gasteiger partial charge in [0.15, 0.2) is 11.9 Å². The minimum atomic E-state index is 0.404. The first-order chi connectivity index (χ1) is 9.02. The molecule has 0 fully saturated rings. The molecular weight excluding hydrogens is 238 g/mol. The standard InChI is InChI=1S/C8H8N2.C7H9NO/c1-7-3-5-10-8(6-7)2-4-9;1-6-3-4-8(9)7(2)5-6/h3,5-6H,2H2,1H3;3-5H,1-2H3. The summed E-state index contributed by atoms with van der Waals surface area (Å²) in [6.07, 6.45) is 3.65. The maximum absolute atomic E-state index is 10.7. The predicted octanol–water partition coefficient (Wildman–Crippen LogP) is 2.39. The number of hydrogen-bond acceptors (Lipinski definition) is 3. The molecule has 2 aromatic rings. The highest BCUT2D eigenvalue weighted by molar-refractivity contribution is 5.16. The highest BCUT2D eigenvalue weighted by Gasteiger charge is 1.94. The van der Waals surface area contributed by atoms with Crippen molar-refractivity contribution in [1.82, 2.24) is 4.98 Å². The number of aryl methyl sites for hydroxylation is 3. The summed E-state index contributed by atoms with van der Waals surface area (Å²) < 4.78 is 0.854. The lowest BCUT2D eigenvalue weighted by atomic mass is 10.2. The fraction of sp³-hybridized carbons (Fsp3) is 0.267. The Bertz CT molecular complexity index is 588. The first-order valence-electron chi connectivity index (χ1n) is 5.98. The van der Waals surface area contributed by atoms with Gasteiger partial charge in [-0.15, -0.1) is 0 Å². The Morgan fingerprint density at radius 2 is 1.89 bits per heavy atom. The van der Waals surface area contributed by atoms with Crippen molar-refractivity contribution in [3.05, 3.63) is 64.4 Å². The van der Waals surface area contributed by atoms with Crippen LogP contribution in [0.3, 0.4) is 0 Å². The molecule has 0 radical (unpaired) electrons. The molecule has 0 aliphatic carbocycles. The van der Waals surface area contributed by atoms with Crippen LogP contribution in [0.4, 0.5) is 0 Å². The van der Waals surface area contributed by atoms with Gasteiger partial charge in [0, 0.05) is 25.3 Å². The lowest BCUT2D eigenvalue weighted by molar-refractivity contribution is -0.612. The minimum Gasteiger partial charge on any atom is -0.619 e. The van der Waals surface area contributed by atoms with Crippen molar-refractivity contribution in [3.63, 3.8) is 0 Å². The summed E-state index contributed by atoms with van der Waals surface area (Å²) in [5, 5.41) is 19.0. The molecule has 4 nitrogen and oxygen atoms in total. The zero-order chi connectivity index (χ0) is 14.3. The molecule has 0 N–H and O–H groups in total. The smallest absolute Gasteiger partial charge is 0.189 e. The number of hydrogen-bond donors (Lipinski definition) is 0. The Morgan fingerprint density at radius 1 is 1.21 bits per heavy atom. The van der Waals surface area contributed by atoms with Gasteiger partial charge >= 0.3 is 0 Å². The molecule has 0 unspecified atom stereocenters. The van der Waals surface area contributed by atoms with E-state index in [1.54, 1.807) is 19.2 Å². The van der Waals surface area contributed by atoms with Crippen molar-refractivity contribution in [3.8, 4) is 6.07 Å². The Kier molecular flexibility index (Phi) is 5.49. The largest absolute Gasteiger partial charge is 0.619 e. The van der Waals surface area contributed by atoms with Gasteiger partial charge in [0.1, 0.15) is 0 Å². The number of nitrogens with zero attached hydrogens (tertiary/aromatic N) is 3. The molecule has 0 atom stereocenters. The molecule has 2 heterocycles. The Hall–Kier alpha value is -2.41. The third-order valence-corrected chi connectivity index (χ3v) is 2.49. The number of aromatic nitrogens is 2. The van der Waals surface area contributed by atoms with E-state index in [1.807, 2.05) is 38.1 Å². The summed E-state index contributed by atoms with van der Waals surface area (Å²) in [4.78, 5) is 4.01. The zero-order valence-electron chi connectivity index (χ0n) is 11.4. The molecule has 0 saturated heterocycles. The molecule has 98 valence electrons. The molecular formula is C15H17N3O. The van der Waals surface area contributed by atoms with Gasteiger partial charge in [0.05, 0.1) is 18.2 Å². The summed E-state index contributed by atoms with van der Waals surface area (Å²) in [6.45, 7) is 5.75. The Balaban J connectivity index is 0.000000191. The molecule has 19 heavy (non-hydrogen) atoms. The van der Waals surface area contributed by atoms with E-state index in [0.29, 0.717) is 6.42 Å². The average Bonchev–Trinajstić information content (AvgIpc) is 2.36. The van der Waals surface area contributed by atoms with Crippen molar-refractivity contribution in [2.75, 3.05) is 0 Å². The van der Waals surface area contributed by atoms with Gasteiger partial charge in [-0.1, -0.05) is 0 Å². The first kappa shape index (κ1) is 14.7. The van der Waals surface area contributed by atoms with Crippen LogP contribution in [0.1, 0.15) is 22.5 Å². The highest BCUT2D eigenvalue weighted by Crippen LogP contribution is 1.99. The molecule has 0 aliphatic heterocycles. The van der Waals surface area contributed by atoms with Crippen molar-refractivity contribution in [1.29, 1.82) is 5.26 Å². The average molecular weight is 255 g/mol. The van der Waals surface area contributed by atoms with E-state index in [0.717, 1.165) is 27.2 Å². The second-order valence-corrected chi connectivity index (χ2v) is 4.33. The highest BCUT2D eigenvalue weighted by atomic mass is 16.5. The van der Waals surface area contributed by atoms with E-state index in [9.17, 15) is 5.21 Å². The van der Waals surface area contributed by atoms with Gasteiger partial charge in [-0.3, -0.25) is 4.98 Å². The van der Waals surface area contributed by atoms with Crippen molar-refractivity contribution in [2.45, 2.75) is 27.2 Å². The summed E-state index contributed by atoms with van der Waals surface area (Å²) in [6, 6.07) is 9.53. The topological polar surface area (TPSA) is 63.6 Å². The summed E-state index contributed by atoms with van der Waals surface area (Å²) in [5.41, 5.74) is 3.87. The summed E-state index contributed by atoms with van der Waals surface area (Å²) in [7, 11) is 0. The first-order valence-corrected chi connectivity index (χ1v) is 5.98.